The number of aromatic nitrogens is 2. The van der Waals surface area contributed by atoms with Crippen molar-refractivity contribution in [1.29, 1.82) is 0 Å². The Bertz CT molecular complexity index is 474. The molecule has 0 N–H and O–H groups in total. The minimum atomic E-state index is -0.235. The maximum Gasteiger partial charge on any atom is 0.183 e. The third-order valence-electron chi connectivity index (χ3n) is 1.56. The third-order valence-corrected chi connectivity index (χ3v) is 3.84. The summed E-state index contributed by atoms with van der Waals surface area (Å²) < 4.78 is 14.4. The van der Waals surface area contributed by atoms with Crippen molar-refractivity contribution in [1.82, 2.24) is 10.2 Å². The summed E-state index contributed by atoms with van der Waals surface area (Å²) in [6.07, 6.45) is 0. The number of benzene rings is 1. The van der Waals surface area contributed by atoms with E-state index in [2.05, 4.69) is 48.7 Å². The van der Waals surface area contributed by atoms with Crippen molar-refractivity contribution >= 4 is 49.9 Å². The van der Waals surface area contributed by atoms with E-state index in [1.165, 1.54) is 23.5 Å². The van der Waals surface area contributed by atoms with Crippen LogP contribution in [0.2, 0.25) is 0 Å². The second-order valence-electron chi connectivity index (χ2n) is 2.48. The van der Waals surface area contributed by atoms with Gasteiger partial charge >= 0.3 is 0 Å². The fourth-order valence-corrected chi connectivity index (χ4v) is 3.04. The van der Waals surface area contributed by atoms with Crippen molar-refractivity contribution in [2.45, 2.75) is 0 Å². The third kappa shape index (κ3) is 2.12. The van der Waals surface area contributed by atoms with Gasteiger partial charge in [-0.3, -0.25) is 0 Å². The Balaban J connectivity index is 2.52. The second kappa shape index (κ2) is 4.19. The van der Waals surface area contributed by atoms with Gasteiger partial charge in [0, 0.05) is 9.13 Å². The molecule has 0 radical (unpaired) electrons. The standard InChI is InChI=1S/C8H3BrFIN2S/c9-8-13-12-7(14-8)5-2-1-4(10)3-6(5)11/h1-3H. The summed E-state index contributed by atoms with van der Waals surface area (Å²) in [7, 11) is 0. The molecule has 0 aliphatic rings. The molecule has 2 aromatic rings. The zero-order valence-corrected chi connectivity index (χ0v) is 11.2. The Morgan fingerprint density at radius 3 is 2.71 bits per heavy atom. The number of hydrogen-bond donors (Lipinski definition) is 0. The lowest BCUT2D eigenvalue weighted by molar-refractivity contribution is 0.627. The maximum atomic E-state index is 12.8. The molecule has 0 atom stereocenters. The molecule has 1 aromatic carbocycles. The summed E-state index contributed by atoms with van der Waals surface area (Å²) in [5.74, 6) is -0.235. The topological polar surface area (TPSA) is 25.8 Å². The van der Waals surface area contributed by atoms with E-state index in [-0.39, 0.29) is 5.82 Å². The first kappa shape index (κ1) is 10.4. The van der Waals surface area contributed by atoms with E-state index in [1.54, 1.807) is 6.07 Å². The van der Waals surface area contributed by atoms with E-state index in [9.17, 15) is 4.39 Å². The van der Waals surface area contributed by atoms with Gasteiger partial charge in [0.2, 0.25) is 0 Å². The summed E-state index contributed by atoms with van der Waals surface area (Å²) in [5, 5.41) is 8.61. The van der Waals surface area contributed by atoms with E-state index >= 15 is 0 Å². The fourth-order valence-electron chi connectivity index (χ4n) is 0.977. The average Bonchev–Trinajstić information content (AvgIpc) is 2.51. The van der Waals surface area contributed by atoms with Gasteiger partial charge in [-0.05, 0) is 56.7 Å². The lowest BCUT2D eigenvalue weighted by Gasteiger charge is -1.98. The average molecular weight is 385 g/mol. The number of hydrogen-bond acceptors (Lipinski definition) is 3. The molecule has 0 bridgehead atoms. The lowest BCUT2D eigenvalue weighted by atomic mass is 10.2. The molecule has 0 saturated carbocycles. The van der Waals surface area contributed by atoms with Crippen molar-refractivity contribution < 1.29 is 4.39 Å². The van der Waals surface area contributed by atoms with E-state index in [0.29, 0.717) is 0 Å². The molecular weight excluding hydrogens is 382 g/mol. The molecule has 2 nitrogen and oxygen atoms in total. The van der Waals surface area contributed by atoms with Gasteiger partial charge in [-0.2, -0.15) is 0 Å². The highest BCUT2D eigenvalue weighted by atomic mass is 127. The van der Waals surface area contributed by atoms with Gasteiger partial charge in [0.1, 0.15) is 10.8 Å². The van der Waals surface area contributed by atoms with Crippen LogP contribution < -0.4 is 0 Å². The van der Waals surface area contributed by atoms with Crippen molar-refractivity contribution in [3.8, 4) is 10.6 Å². The summed E-state index contributed by atoms with van der Waals surface area (Å²) in [4.78, 5) is 0. The Morgan fingerprint density at radius 1 is 1.36 bits per heavy atom. The van der Waals surface area contributed by atoms with Crippen LogP contribution >= 0.6 is 49.9 Å². The molecule has 1 heterocycles. The van der Waals surface area contributed by atoms with E-state index in [0.717, 1.165) is 18.1 Å². The van der Waals surface area contributed by atoms with Crippen molar-refractivity contribution in [3.63, 3.8) is 0 Å². The Labute approximate surface area is 106 Å². The molecule has 2 rings (SSSR count). The fraction of sp³-hybridized carbons (Fsp3) is 0. The smallest absolute Gasteiger partial charge is 0.183 e. The summed E-state index contributed by atoms with van der Waals surface area (Å²) in [6, 6.07) is 4.61. The van der Waals surface area contributed by atoms with Gasteiger partial charge in [-0.25, -0.2) is 4.39 Å². The van der Waals surface area contributed by atoms with Gasteiger partial charge in [-0.1, -0.05) is 11.3 Å². The first-order valence-corrected chi connectivity index (χ1v) is 6.30. The zero-order valence-electron chi connectivity index (χ0n) is 6.67. The van der Waals surface area contributed by atoms with Crippen LogP contribution in [0.15, 0.2) is 22.1 Å². The van der Waals surface area contributed by atoms with Gasteiger partial charge in [0.15, 0.2) is 3.92 Å². The SMILES string of the molecule is Fc1ccc(-c2nnc(Br)s2)c(I)c1. The molecule has 1 aromatic heterocycles. The Kier molecular flexibility index (Phi) is 3.13. The minimum Gasteiger partial charge on any atom is -0.207 e. The van der Waals surface area contributed by atoms with Crippen LogP contribution in [0.1, 0.15) is 0 Å². The van der Waals surface area contributed by atoms with Gasteiger partial charge in [-0.15, -0.1) is 10.2 Å². The van der Waals surface area contributed by atoms with Crippen molar-refractivity contribution in [3.05, 3.63) is 31.5 Å². The first-order chi connectivity index (χ1) is 6.66. The molecule has 0 aliphatic carbocycles. The van der Waals surface area contributed by atoms with Crippen LogP contribution in [0, 0.1) is 9.39 Å². The predicted octanol–water partition coefficient (Wildman–Crippen LogP) is 3.71. The number of halogens is 3. The highest BCUT2D eigenvalue weighted by Gasteiger charge is 2.08. The van der Waals surface area contributed by atoms with E-state index in [4.69, 9.17) is 0 Å². The molecular formula is C8H3BrFIN2S. The largest absolute Gasteiger partial charge is 0.207 e. The quantitative estimate of drug-likeness (QED) is 0.700. The van der Waals surface area contributed by atoms with Crippen LogP contribution in [0.5, 0.6) is 0 Å². The lowest BCUT2D eigenvalue weighted by Crippen LogP contribution is -1.84. The predicted molar refractivity (Wildman–Crippen MR) is 65.7 cm³/mol. The number of nitrogens with zero attached hydrogens (tertiary/aromatic N) is 2. The molecule has 14 heavy (non-hydrogen) atoms. The summed E-state index contributed by atoms with van der Waals surface area (Å²) in [5.41, 5.74) is 0.912. The Morgan fingerprint density at radius 2 is 2.14 bits per heavy atom. The highest BCUT2D eigenvalue weighted by Crippen LogP contribution is 2.30. The summed E-state index contributed by atoms with van der Waals surface area (Å²) >= 11 is 6.75. The molecule has 0 unspecified atom stereocenters. The van der Waals surface area contributed by atoms with Gasteiger partial charge in [0.05, 0.1) is 0 Å². The van der Waals surface area contributed by atoms with Crippen LogP contribution in [-0.4, -0.2) is 10.2 Å². The Hall–Kier alpha value is -0.0800. The second-order valence-corrected chi connectivity index (χ2v) is 5.90. The van der Waals surface area contributed by atoms with Gasteiger partial charge < -0.3 is 0 Å². The van der Waals surface area contributed by atoms with Crippen LogP contribution in [0.25, 0.3) is 10.6 Å². The van der Waals surface area contributed by atoms with Crippen LogP contribution in [0.3, 0.4) is 0 Å². The van der Waals surface area contributed by atoms with Crippen molar-refractivity contribution in [2.75, 3.05) is 0 Å². The van der Waals surface area contributed by atoms with E-state index < -0.39 is 0 Å². The highest BCUT2D eigenvalue weighted by molar-refractivity contribution is 14.1. The minimum absolute atomic E-state index is 0.235. The van der Waals surface area contributed by atoms with E-state index in [1.807, 2.05) is 0 Å². The van der Waals surface area contributed by atoms with Crippen LogP contribution in [0.4, 0.5) is 4.39 Å². The molecule has 0 saturated heterocycles. The monoisotopic (exact) mass is 384 g/mol. The maximum absolute atomic E-state index is 12.8. The molecule has 0 aliphatic heterocycles. The first-order valence-electron chi connectivity index (χ1n) is 3.61. The molecule has 0 amide bonds. The number of rotatable bonds is 1. The molecule has 0 fully saturated rings. The molecule has 72 valence electrons. The zero-order chi connectivity index (χ0) is 10.1. The normalized spacial score (nSPS) is 10.5. The molecule has 6 heteroatoms. The van der Waals surface area contributed by atoms with Gasteiger partial charge in [0.25, 0.3) is 0 Å². The van der Waals surface area contributed by atoms with Crippen LogP contribution in [-0.2, 0) is 0 Å². The summed E-state index contributed by atoms with van der Waals surface area (Å²) in [6.45, 7) is 0. The molecule has 0 spiro atoms. The van der Waals surface area contributed by atoms with Crippen molar-refractivity contribution in [2.24, 2.45) is 0 Å².